The highest BCUT2D eigenvalue weighted by atomic mass is 16.2. The van der Waals surface area contributed by atoms with Crippen LogP contribution in [0.15, 0.2) is 48.5 Å². The summed E-state index contributed by atoms with van der Waals surface area (Å²) in [6, 6.07) is 15.8. The van der Waals surface area contributed by atoms with Gasteiger partial charge in [-0.2, -0.15) is 0 Å². The van der Waals surface area contributed by atoms with Gasteiger partial charge >= 0.3 is 0 Å². The highest BCUT2D eigenvalue weighted by molar-refractivity contribution is 6.00. The Bertz CT molecular complexity index is 1040. The lowest BCUT2D eigenvalue weighted by molar-refractivity contribution is -0.132. The summed E-state index contributed by atoms with van der Waals surface area (Å²) >= 11 is 0. The van der Waals surface area contributed by atoms with Gasteiger partial charge in [0.05, 0.1) is 6.54 Å². The summed E-state index contributed by atoms with van der Waals surface area (Å²) in [5.74, 6) is -0.0345. The number of fused-ring (bicyclic) bond motifs is 4. The molecule has 5 heteroatoms. The largest absolute Gasteiger partial charge is 0.357 e. The minimum absolute atomic E-state index is 0.00969. The Morgan fingerprint density at radius 1 is 1.04 bits per heavy atom. The van der Waals surface area contributed by atoms with Gasteiger partial charge in [-0.3, -0.25) is 9.59 Å². The van der Waals surface area contributed by atoms with Crippen LogP contribution in [0.3, 0.4) is 0 Å². The summed E-state index contributed by atoms with van der Waals surface area (Å²) < 4.78 is 0. The van der Waals surface area contributed by atoms with Crippen molar-refractivity contribution in [1.82, 2.24) is 14.8 Å². The van der Waals surface area contributed by atoms with Gasteiger partial charge in [0.2, 0.25) is 5.91 Å². The summed E-state index contributed by atoms with van der Waals surface area (Å²) in [6.45, 7) is 1.94. The zero-order chi connectivity index (χ0) is 17.7. The number of hydrogen-bond acceptors (Lipinski definition) is 2. The molecule has 0 radical (unpaired) electrons. The van der Waals surface area contributed by atoms with E-state index in [1.165, 1.54) is 10.9 Å². The van der Waals surface area contributed by atoms with Crippen LogP contribution in [0.25, 0.3) is 10.9 Å². The summed E-state index contributed by atoms with van der Waals surface area (Å²) in [4.78, 5) is 32.2. The maximum absolute atomic E-state index is 12.8. The Kier molecular flexibility index (Phi) is 3.35. The molecule has 1 N–H and O–H groups in total. The topological polar surface area (TPSA) is 56.4 Å². The van der Waals surface area contributed by atoms with Crippen molar-refractivity contribution < 1.29 is 9.59 Å². The number of carbonyl (C=O) groups excluding carboxylic acids is 2. The van der Waals surface area contributed by atoms with Crippen molar-refractivity contribution in [3.63, 3.8) is 0 Å². The van der Waals surface area contributed by atoms with Crippen LogP contribution in [0.1, 0.15) is 27.2 Å². The van der Waals surface area contributed by atoms with E-state index in [0.717, 1.165) is 28.8 Å². The molecule has 2 aliphatic rings. The van der Waals surface area contributed by atoms with E-state index < -0.39 is 0 Å². The maximum atomic E-state index is 12.8. The summed E-state index contributed by atoms with van der Waals surface area (Å²) in [5, 5.41) is 1.25. The second kappa shape index (κ2) is 5.73. The molecule has 26 heavy (non-hydrogen) atoms. The van der Waals surface area contributed by atoms with Crippen LogP contribution in [-0.2, 0) is 24.3 Å². The zero-order valence-corrected chi connectivity index (χ0v) is 14.4. The predicted molar refractivity (Wildman–Crippen MR) is 98.6 cm³/mol. The lowest BCUT2D eigenvalue weighted by atomic mass is 10.0. The summed E-state index contributed by atoms with van der Waals surface area (Å²) in [6.07, 6.45) is 0.846. The molecular formula is C21H19N3O2. The molecule has 1 aromatic heterocycles. The molecule has 0 bridgehead atoms. The molecule has 0 fully saturated rings. The molecule has 2 aromatic carbocycles. The molecule has 0 saturated carbocycles. The molecule has 3 heterocycles. The Morgan fingerprint density at radius 2 is 1.85 bits per heavy atom. The molecule has 0 spiro atoms. The van der Waals surface area contributed by atoms with E-state index in [1.54, 1.807) is 4.90 Å². The van der Waals surface area contributed by atoms with E-state index in [2.05, 4.69) is 17.1 Å². The van der Waals surface area contributed by atoms with Gasteiger partial charge in [-0.05, 0) is 29.7 Å². The minimum Gasteiger partial charge on any atom is -0.357 e. The molecule has 5 nitrogen and oxygen atoms in total. The monoisotopic (exact) mass is 345 g/mol. The van der Waals surface area contributed by atoms with E-state index in [-0.39, 0.29) is 18.4 Å². The molecule has 3 aromatic rings. The fraction of sp³-hybridized carbons (Fsp3) is 0.238. The van der Waals surface area contributed by atoms with Gasteiger partial charge < -0.3 is 14.8 Å². The predicted octanol–water partition coefficient (Wildman–Crippen LogP) is 2.71. The number of nitrogens with one attached hydrogen (secondary N) is 1. The number of carbonyl (C=O) groups is 2. The van der Waals surface area contributed by atoms with Gasteiger partial charge in [0, 0.05) is 35.2 Å². The Balaban J connectivity index is 1.32. The van der Waals surface area contributed by atoms with Crippen molar-refractivity contribution in [2.75, 3.05) is 13.1 Å². The fourth-order valence-corrected chi connectivity index (χ4v) is 4.11. The first-order valence-corrected chi connectivity index (χ1v) is 8.94. The second-order valence-corrected chi connectivity index (χ2v) is 7.01. The van der Waals surface area contributed by atoms with E-state index >= 15 is 0 Å². The Labute approximate surface area is 151 Å². The minimum atomic E-state index is -0.0442. The molecule has 2 amide bonds. The highest BCUT2D eigenvalue weighted by Gasteiger charge is 2.31. The first kappa shape index (κ1) is 15.2. The van der Waals surface area contributed by atoms with Gasteiger partial charge in [-0.1, -0.05) is 36.4 Å². The molecule has 2 aliphatic heterocycles. The van der Waals surface area contributed by atoms with E-state index in [0.29, 0.717) is 19.6 Å². The van der Waals surface area contributed by atoms with Gasteiger partial charge in [0.1, 0.15) is 6.54 Å². The van der Waals surface area contributed by atoms with Crippen LogP contribution in [0.2, 0.25) is 0 Å². The normalized spacial score (nSPS) is 16.1. The van der Waals surface area contributed by atoms with E-state index in [4.69, 9.17) is 0 Å². The fourth-order valence-electron chi connectivity index (χ4n) is 4.11. The van der Waals surface area contributed by atoms with Crippen LogP contribution in [0, 0.1) is 0 Å². The Morgan fingerprint density at radius 3 is 2.73 bits per heavy atom. The number of amides is 2. The SMILES string of the molecule is O=C(CN1Cc2ccccc2C1=O)N1CCc2c([nH]c3ccccc23)C1. The third-order valence-corrected chi connectivity index (χ3v) is 5.46. The molecule has 0 saturated heterocycles. The average molecular weight is 345 g/mol. The lowest BCUT2D eigenvalue weighted by Gasteiger charge is -2.29. The maximum Gasteiger partial charge on any atom is 0.254 e. The standard InChI is InChI=1S/C21H19N3O2/c25-20(13-24-11-14-5-1-2-6-15(14)21(24)26)23-10-9-17-16-7-3-4-8-18(16)22-19(17)12-23/h1-8,22H,9-13H2. The molecule has 5 rings (SSSR count). The van der Waals surface area contributed by atoms with Crippen molar-refractivity contribution in [3.8, 4) is 0 Å². The highest BCUT2D eigenvalue weighted by Crippen LogP contribution is 2.28. The third-order valence-electron chi connectivity index (χ3n) is 5.46. The van der Waals surface area contributed by atoms with Gasteiger partial charge in [0.25, 0.3) is 5.91 Å². The zero-order valence-electron chi connectivity index (χ0n) is 14.4. The van der Waals surface area contributed by atoms with Gasteiger partial charge in [-0.25, -0.2) is 0 Å². The molecule has 0 unspecified atom stereocenters. The van der Waals surface area contributed by atoms with E-state index in [1.807, 2.05) is 41.3 Å². The van der Waals surface area contributed by atoms with Crippen LogP contribution in [0.4, 0.5) is 0 Å². The smallest absolute Gasteiger partial charge is 0.254 e. The van der Waals surface area contributed by atoms with Gasteiger partial charge in [0.15, 0.2) is 0 Å². The van der Waals surface area contributed by atoms with Crippen molar-refractivity contribution in [2.24, 2.45) is 0 Å². The molecule has 130 valence electrons. The molecule has 0 aliphatic carbocycles. The Hall–Kier alpha value is -3.08. The number of benzene rings is 2. The lowest BCUT2D eigenvalue weighted by Crippen LogP contribution is -2.42. The number of hydrogen-bond donors (Lipinski definition) is 1. The number of para-hydroxylation sites is 1. The first-order chi connectivity index (χ1) is 12.7. The number of rotatable bonds is 2. The van der Waals surface area contributed by atoms with Crippen LogP contribution >= 0.6 is 0 Å². The number of H-pyrrole nitrogens is 1. The van der Waals surface area contributed by atoms with Crippen LogP contribution in [-0.4, -0.2) is 39.7 Å². The average Bonchev–Trinajstić information content (AvgIpc) is 3.19. The molecular weight excluding hydrogens is 326 g/mol. The van der Waals surface area contributed by atoms with Crippen LogP contribution < -0.4 is 0 Å². The number of aromatic amines is 1. The summed E-state index contributed by atoms with van der Waals surface area (Å²) in [7, 11) is 0. The van der Waals surface area contributed by atoms with Crippen molar-refractivity contribution in [1.29, 1.82) is 0 Å². The van der Waals surface area contributed by atoms with E-state index in [9.17, 15) is 9.59 Å². The second-order valence-electron chi connectivity index (χ2n) is 7.01. The quantitative estimate of drug-likeness (QED) is 0.776. The first-order valence-electron chi connectivity index (χ1n) is 8.94. The number of nitrogens with zero attached hydrogens (tertiary/aromatic N) is 2. The summed E-state index contributed by atoms with van der Waals surface area (Å²) in [5.41, 5.74) is 5.27. The van der Waals surface area contributed by atoms with Crippen molar-refractivity contribution >= 4 is 22.7 Å². The van der Waals surface area contributed by atoms with Crippen LogP contribution in [0.5, 0.6) is 0 Å². The van der Waals surface area contributed by atoms with Gasteiger partial charge in [-0.15, -0.1) is 0 Å². The van der Waals surface area contributed by atoms with Crippen molar-refractivity contribution in [2.45, 2.75) is 19.5 Å². The number of aromatic nitrogens is 1. The molecule has 0 atom stereocenters. The third kappa shape index (κ3) is 2.31. The van der Waals surface area contributed by atoms with Crippen molar-refractivity contribution in [3.05, 3.63) is 70.9 Å².